The molecule has 2 heteroatoms. The third kappa shape index (κ3) is 2.14. The molecule has 4 rings (SSSR count). The van der Waals surface area contributed by atoms with Crippen LogP contribution in [0.3, 0.4) is 0 Å². The van der Waals surface area contributed by atoms with E-state index in [1.165, 1.54) is 5.57 Å². The molecule has 0 unspecified atom stereocenters. The molecule has 0 spiro atoms. The van der Waals surface area contributed by atoms with E-state index in [2.05, 4.69) is 12.1 Å². The Kier molecular flexibility index (Phi) is 3.56. The Bertz CT molecular complexity index is 730. The second-order valence-corrected chi connectivity index (χ2v) is 6.10. The lowest BCUT2D eigenvalue weighted by Crippen LogP contribution is -2.26. The molecule has 2 aliphatic carbocycles. The zero-order valence-electron chi connectivity index (χ0n) is 13.7. The quantitative estimate of drug-likeness (QED) is 0.667. The van der Waals surface area contributed by atoms with Crippen LogP contribution in [0.5, 0.6) is 0 Å². The number of allylic oxidation sites excluding steroid dienone is 5. The van der Waals surface area contributed by atoms with Crippen molar-refractivity contribution in [1.82, 2.24) is 0 Å². The number of ether oxygens (including phenoxy) is 1. The number of benzene rings is 1. The largest absolute Gasteiger partial charge is 0.487 e. The highest BCUT2D eigenvalue weighted by molar-refractivity contribution is 6.24. The molecule has 2 nitrogen and oxygen atoms in total. The van der Waals surface area contributed by atoms with Gasteiger partial charge in [0.1, 0.15) is 11.4 Å². The van der Waals surface area contributed by atoms with Crippen LogP contribution < -0.4 is 0 Å². The number of ketones is 1. The van der Waals surface area contributed by atoms with Gasteiger partial charge in [-0.2, -0.15) is 0 Å². The summed E-state index contributed by atoms with van der Waals surface area (Å²) in [4.78, 5) is 12.7. The van der Waals surface area contributed by atoms with Gasteiger partial charge in [-0.1, -0.05) is 44.2 Å². The maximum absolute atomic E-state index is 12.7. The lowest BCUT2D eigenvalue weighted by atomic mass is 9.86. The molecular weight excluding hydrogens is 272 g/mol. The van der Waals surface area contributed by atoms with E-state index in [4.69, 9.17) is 4.74 Å². The maximum Gasteiger partial charge on any atom is 0.194 e. The van der Waals surface area contributed by atoms with Gasteiger partial charge in [-0.25, -0.2) is 0 Å². The Hall–Kier alpha value is -2.09. The molecule has 0 fully saturated rings. The lowest BCUT2D eigenvalue weighted by molar-refractivity contribution is 0.0663. The third-order valence-corrected chi connectivity index (χ3v) is 4.24. The normalized spacial score (nSPS) is 20.6. The van der Waals surface area contributed by atoms with Crippen LogP contribution in [0.1, 0.15) is 56.5 Å². The SMILES string of the molecule is CC.CC1(C)C=CC2=C(CCC3=C2C(=O)c2ccccc23)O1. The van der Waals surface area contributed by atoms with Crippen LogP contribution in [0.4, 0.5) is 0 Å². The molecule has 0 radical (unpaired) electrons. The van der Waals surface area contributed by atoms with E-state index >= 15 is 0 Å². The predicted octanol–water partition coefficient (Wildman–Crippen LogP) is 5.08. The third-order valence-electron chi connectivity index (χ3n) is 4.24. The number of hydrogen-bond donors (Lipinski definition) is 0. The molecule has 0 amide bonds. The molecule has 22 heavy (non-hydrogen) atoms. The minimum absolute atomic E-state index is 0.149. The van der Waals surface area contributed by atoms with Crippen LogP contribution in [0.25, 0.3) is 5.57 Å². The van der Waals surface area contributed by atoms with E-state index in [1.807, 2.05) is 52.0 Å². The predicted molar refractivity (Wildman–Crippen MR) is 89.6 cm³/mol. The summed E-state index contributed by atoms with van der Waals surface area (Å²) in [6.45, 7) is 8.09. The summed E-state index contributed by atoms with van der Waals surface area (Å²) in [5, 5.41) is 0. The van der Waals surface area contributed by atoms with Crippen molar-refractivity contribution in [3.8, 4) is 0 Å². The summed E-state index contributed by atoms with van der Waals surface area (Å²) in [5.41, 5.74) is 4.72. The molecule has 0 saturated carbocycles. The number of Topliss-reactive ketones (excluding diaryl/α,β-unsaturated/α-hetero) is 1. The fourth-order valence-corrected chi connectivity index (χ4v) is 3.33. The minimum atomic E-state index is -0.272. The lowest BCUT2D eigenvalue weighted by Gasteiger charge is -2.32. The Morgan fingerprint density at radius 1 is 1.05 bits per heavy atom. The van der Waals surface area contributed by atoms with Gasteiger partial charge in [0.25, 0.3) is 0 Å². The molecule has 1 aromatic carbocycles. The summed E-state index contributed by atoms with van der Waals surface area (Å²) < 4.78 is 6.04. The van der Waals surface area contributed by atoms with Gasteiger partial charge in [0.05, 0.1) is 0 Å². The van der Waals surface area contributed by atoms with Crippen LogP contribution >= 0.6 is 0 Å². The molecule has 0 saturated heterocycles. The maximum atomic E-state index is 12.7. The van der Waals surface area contributed by atoms with Gasteiger partial charge in [0.2, 0.25) is 0 Å². The van der Waals surface area contributed by atoms with E-state index in [1.54, 1.807) is 0 Å². The van der Waals surface area contributed by atoms with Gasteiger partial charge >= 0.3 is 0 Å². The van der Waals surface area contributed by atoms with Gasteiger partial charge in [0.15, 0.2) is 5.78 Å². The molecule has 0 atom stereocenters. The zero-order chi connectivity index (χ0) is 15.9. The van der Waals surface area contributed by atoms with Crippen molar-refractivity contribution < 1.29 is 9.53 Å². The van der Waals surface area contributed by atoms with Crippen molar-refractivity contribution in [1.29, 1.82) is 0 Å². The molecule has 0 bridgehead atoms. The number of rotatable bonds is 0. The molecular formula is C20H22O2. The fraction of sp³-hybridized carbons (Fsp3) is 0.350. The van der Waals surface area contributed by atoms with E-state index in [0.717, 1.165) is 40.9 Å². The Labute approximate surface area is 132 Å². The Morgan fingerprint density at radius 3 is 2.45 bits per heavy atom. The van der Waals surface area contributed by atoms with Crippen molar-refractivity contribution >= 4 is 11.4 Å². The average Bonchev–Trinajstić information content (AvgIpc) is 2.82. The van der Waals surface area contributed by atoms with Gasteiger partial charge in [0, 0.05) is 23.1 Å². The van der Waals surface area contributed by atoms with Crippen LogP contribution in [-0.4, -0.2) is 11.4 Å². The first-order chi connectivity index (χ1) is 10.6. The van der Waals surface area contributed by atoms with Crippen molar-refractivity contribution in [2.75, 3.05) is 0 Å². The van der Waals surface area contributed by atoms with Crippen molar-refractivity contribution in [3.05, 3.63) is 64.4 Å². The second-order valence-electron chi connectivity index (χ2n) is 6.10. The first-order valence-corrected chi connectivity index (χ1v) is 8.06. The van der Waals surface area contributed by atoms with Crippen LogP contribution in [0.2, 0.25) is 0 Å². The highest BCUT2D eigenvalue weighted by Gasteiger charge is 2.37. The van der Waals surface area contributed by atoms with Gasteiger partial charge in [-0.05, 0) is 37.5 Å². The van der Waals surface area contributed by atoms with E-state index in [9.17, 15) is 4.79 Å². The van der Waals surface area contributed by atoms with Crippen LogP contribution in [-0.2, 0) is 4.74 Å². The van der Waals surface area contributed by atoms with Gasteiger partial charge < -0.3 is 4.74 Å². The molecule has 0 aromatic heterocycles. The Balaban J connectivity index is 0.000000693. The van der Waals surface area contributed by atoms with Crippen molar-refractivity contribution in [3.63, 3.8) is 0 Å². The van der Waals surface area contributed by atoms with Crippen LogP contribution in [0.15, 0.2) is 53.3 Å². The zero-order valence-corrected chi connectivity index (χ0v) is 13.7. The average molecular weight is 294 g/mol. The number of hydrogen-bond acceptors (Lipinski definition) is 2. The molecule has 1 aromatic rings. The van der Waals surface area contributed by atoms with Gasteiger partial charge in [-0.3, -0.25) is 4.79 Å². The smallest absolute Gasteiger partial charge is 0.194 e. The first kappa shape index (κ1) is 14.8. The highest BCUT2D eigenvalue weighted by atomic mass is 16.5. The van der Waals surface area contributed by atoms with Crippen molar-refractivity contribution in [2.24, 2.45) is 0 Å². The monoisotopic (exact) mass is 294 g/mol. The minimum Gasteiger partial charge on any atom is -0.487 e. The number of fused-ring (bicyclic) bond motifs is 3. The summed E-state index contributed by atoms with van der Waals surface area (Å²) in [7, 11) is 0. The molecule has 1 aliphatic heterocycles. The summed E-state index contributed by atoms with van der Waals surface area (Å²) >= 11 is 0. The number of carbonyl (C=O) groups is 1. The first-order valence-electron chi connectivity index (χ1n) is 8.06. The fourth-order valence-electron chi connectivity index (χ4n) is 3.33. The summed E-state index contributed by atoms with van der Waals surface area (Å²) in [6, 6.07) is 7.91. The van der Waals surface area contributed by atoms with Gasteiger partial charge in [-0.15, -0.1) is 0 Å². The topological polar surface area (TPSA) is 26.3 Å². The molecule has 114 valence electrons. The molecule has 3 aliphatic rings. The van der Waals surface area contributed by atoms with E-state index in [0.29, 0.717) is 0 Å². The standard InChI is InChI=1S/C18H16O2.C2H6/c1-18(2)10-9-14-15(20-18)8-7-12-11-5-3-4-6-13(11)17(19)16(12)14;1-2/h3-6,9-10H,7-8H2,1-2H3;1-2H3. The summed E-state index contributed by atoms with van der Waals surface area (Å²) in [6.07, 6.45) is 5.87. The highest BCUT2D eigenvalue weighted by Crippen LogP contribution is 2.46. The van der Waals surface area contributed by atoms with E-state index in [-0.39, 0.29) is 11.4 Å². The molecule has 0 N–H and O–H groups in total. The Morgan fingerprint density at radius 2 is 1.73 bits per heavy atom. The number of carbonyl (C=O) groups excluding carboxylic acids is 1. The van der Waals surface area contributed by atoms with E-state index < -0.39 is 0 Å². The van der Waals surface area contributed by atoms with Crippen LogP contribution in [0, 0.1) is 0 Å². The summed E-state index contributed by atoms with van der Waals surface area (Å²) in [5.74, 6) is 1.12. The second kappa shape index (κ2) is 5.28. The van der Waals surface area contributed by atoms with Crippen molar-refractivity contribution in [2.45, 2.75) is 46.1 Å². The molecule has 1 heterocycles.